The van der Waals surface area contributed by atoms with Gasteiger partial charge in [-0.15, -0.1) is 0 Å². The van der Waals surface area contributed by atoms with E-state index in [0.29, 0.717) is 6.61 Å². The van der Waals surface area contributed by atoms with E-state index in [9.17, 15) is 0 Å². The smallest absolute Gasteiger partial charge is 0.119 e. The van der Waals surface area contributed by atoms with Gasteiger partial charge >= 0.3 is 0 Å². The average molecular weight is 360 g/mol. The first-order chi connectivity index (χ1) is 13.2. The van der Waals surface area contributed by atoms with E-state index in [-0.39, 0.29) is 6.10 Å². The molecule has 0 bridgehead atoms. The minimum Gasteiger partial charge on any atom is -0.494 e. The fourth-order valence-electron chi connectivity index (χ4n) is 3.21. The Balaban J connectivity index is 1.87. The van der Waals surface area contributed by atoms with Crippen LogP contribution in [0.25, 0.3) is 22.3 Å². The van der Waals surface area contributed by atoms with Crippen LogP contribution in [0.5, 0.6) is 5.75 Å². The molecule has 2 nitrogen and oxygen atoms in total. The number of rotatable bonds is 8. The quantitative estimate of drug-likeness (QED) is 0.434. The largest absolute Gasteiger partial charge is 0.494 e. The van der Waals surface area contributed by atoms with Gasteiger partial charge in [0.25, 0.3) is 0 Å². The SMILES string of the molecule is CCCOC(C)c1ccc(-c2ccccc2-c2ccc(OCC)cc2)cc1. The van der Waals surface area contributed by atoms with Crippen molar-refractivity contribution in [3.05, 3.63) is 78.4 Å². The summed E-state index contributed by atoms with van der Waals surface area (Å²) >= 11 is 0. The van der Waals surface area contributed by atoms with Gasteiger partial charge < -0.3 is 9.47 Å². The Labute approximate surface area is 162 Å². The molecule has 27 heavy (non-hydrogen) atoms. The molecule has 0 aliphatic heterocycles. The molecule has 2 heteroatoms. The first kappa shape index (κ1) is 19.2. The molecule has 0 aliphatic rings. The minimum absolute atomic E-state index is 0.125. The lowest BCUT2D eigenvalue weighted by atomic mass is 9.94. The van der Waals surface area contributed by atoms with Gasteiger partial charge in [-0.2, -0.15) is 0 Å². The summed E-state index contributed by atoms with van der Waals surface area (Å²) in [5.41, 5.74) is 6.08. The van der Waals surface area contributed by atoms with Gasteiger partial charge in [-0.05, 0) is 60.2 Å². The molecule has 0 fully saturated rings. The molecule has 0 amide bonds. The summed E-state index contributed by atoms with van der Waals surface area (Å²) in [6.45, 7) is 7.72. The third-order valence-electron chi connectivity index (χ3n) is 4.67. The van der Waals surface area contributed by atoms with E-state index >= 15 is 0 Å². The lowest BCUT2D eigenvalue weighted by Gasteiger charge is -2.15. The standard InChI is InChI=1S/C25H28O2/c1-4-18-27-19(3)20-10-12-21(13-11-20)24-8-6-7-9-25(24)22-14-16-23(17-15-22)26-5-2/h6-17,19H,4-5,18H2,1-3H3. The Morgan fingerprint density at radius 3 is 1.81 bits per heavy atom. The first-order valence-electron chi connectivity index (χ1n) is 9.77. The molecule has 1 atom stereocenters. The first-order valence-corrected chi connectivity index (χ1v) is 9.77. The van der Waals surface area contributed by atoms with Crippen molar-refractivity contribution in [2.24, 2.45) is 0 Å². The van der Waals surface area contributed by atoms with Crippen LogP contribution in [0.4, 0.5) is 0 Å². The highest BCUT2D eigenvalue weighted by Gasteiger charge is 2.09. The van der Waals surface area contributed by atoms with E-state index in [2.05, 4.69) is 74.5 Å². The summed E-state index contributed by atoms with van der Waals surface area (Å²) in [7, 11) is 0. The van der Waals surface area contributed by atoms with Gasteiger partial charge in [0.1, 0.15) is 5.75 Å². The molecular formula is C25H28O2. The second-order valence-electron chi connectivity index (χ2n) is 6.64. The van der Waals surface area contributed by atoms with Crippen molar-refractivity contribution in [2.75, 3.05) is 13.2 Å². The molecule has 140 valence electrons. The molecule has 0 heterocycles. The zero-order valence-corrected chi connectivity index (χ0v) is 16.4. The maximum atomic E-state index is 5.83. The van der Waals surface area contributed by atoms with E-state index in [1.807, 2.05) is 19.1 Å². The molecule has 0 aliphatic carbocycles. The van der Waals surface area contributed by atoms with Gasteiger partial charge in [-0.25, -0.2) is 0 Å². The van der Waals surface area contributed by atoms with Crippen molar-refractivity contribution in [2.45, 2.75) is 33.3 Å². The lowest BCUT2D eigenvalue weighted by molar-refractivity contribution is 0.0663. The maximum absolute atomic E-state index is 5.83. The van der Waals surface area contributed by atoms with Crippen molar-refractivity contribution in [1.29, 1.82) is 0 Å². The van der Waals surface area contributed by atoms with Gasteiger partial charge in [-0.1, -0.05) is 67.6 Å². The zero-order chi connectivity index (χ0) is 19.1. The molecule has 1 unspecified atom stereocenters. The highest BCUT2D eigenvalue weighted by Crippen LogP contribution is 2.33. The van der Waals surface area contributed by atoms with Gasteiger partial charge in [-0.3, -0.25) is 0 Å². The summed E-state index contributed by atoms with van der Waals surface area (Å²) < 4.78 is 11.4. The van der Waals surface area contributed by atoms with Crippen LogP contribution < -0.4 is 4.74 Å². The fraction of sp³-hybridized carbons (Fsp3) is 0.280. The van der Waals surface area contributed by atoms with Crippen LogP contribution in [-0.4, -0.2) is 13.2 Å². The Bertz CT molecular complexity index is 835. The van der Waals surface area contributed by atoms with E-state index in [4.69, 9.17) is 9.47 Å². The van der Waals surface area contributed by atoms with Crippen molar-refractivity contribution in [1.82, 2.24) is 0 Å². The third kappa shape index (κ3) is 4.78. The van der Waals surface area contributed by atoms with Crippen molar-refractivity contribution >= 4 is 0 Å². The van der Waals surface area contributed by atoms with Crippen molar-refractivity contribution < 1.29 is 9.47 Å². The van der Waals surface area contributed by atoms with E-state index in [0.717, 1.165) is 18.8 Å². The Morgan fingerprint density at radius 2 is 1.30 bits per heavy atom. The van der Waals surface area contributed by atoms with E-state index in [1.165, 1.54) is 27.8 Å². The molecule has 3 rings (SSSR count). The number of hydrogen-bond acceptors (Lipinski definition) is 2. The highest BCUT2D eigenvalue weighted by molar-refractivity contribution is 5.83. The molecule has 0 saturated carbocycles. The lowest BCUT2D eigenvalue weighted by Crippen LogP contribution is -2.00. The maximum Gasteiger partial charge on any atom is 0.119 e. The average Bonchev–Trinajstić information content (AvgIpc) is 2.73. The Kier molecular flexibility index (Phi) is 6.67. The summed E-state index contributed by atoms with van der Waals surface area (Å²) in [5.74, 6) is 0.907. The highest BCUT2D eigenvalue weighted by atomic mass is 16.5. The predicted molar refractivity (Wildman–Crippen MR) is 113 cm³/mol. The number of ether oxygens (including phenoxy) is 2. The molecule has 0 aromatic heterocycles. The topological polar surface area (TPSA) is 18.5 Å². The molecular weight excluding hydrogens is 332 g/mol. The van der Waals surface area contributed by atoms with Crippen LogP contribution in [0.15, 0.2) is 72.8 Å². The number of hydrogen-bond donors (Lipinski definition) is 0. The second-order valence-corrected chi connectivity index (χ2v) is 6.64. The van der Waals surface area contributed by atoms with Crippen LogP contribution in [0.2, 0.25) is 0 Å². The van der Waals surface area contributed by atoms with Gasteiger partial charge in [0, 0.05) is 6.61 Å². The molecule has 3 aromatic rings. The molecule has 0 radical (unpaired) electrons. The van der Waals surface area contributed by atoms with E-state index < -0.39 is 0 Å². The van der Waals surface area contributed by atoms with E-state index in [1.54, 1.807) is 0 Å². The van der Waals surface area contributed by atoms with Crippen LogP contribution in [0, 0.1) is 0 Å². The van der Waals surface area contributed by atoms with Crippen LogP contribution >= 0.6 is 0 Å². The van der Waals surface area contributed by atoms with Crippen molar-refractivity contribution in [3.8, 4) is 28.0 Å². The van der Waals surface area contributed by atoms with Gasteiger partial charge in [0.15, 0.2) is 0 Å². The third-order valence-corrected chi connectivity index (χ3v) is 4.67. The molecule has 3 aromatic carbocycles. The summed E-state index contributed by atoms with van der Waals surface area (Å²) in [4.78, 5) is 0. The van der Waals surface area contributed by atoms with Gasteiger partial charge in [0.05, 0.1) is 12.7 Å². The fourth-order valence-corrected chi connectivity index (χ4v) is 3.21. The summed E-state index contributed by atoms with van der Waals surface area (Å²) in [6, 6.07) is 25.6. The zero-order valence-electron chi connectivity index (χ0n) is 16.4. The van der Waals surface area contributed by atoms with Crippen LogP contribution in [0.1, 0.15) is 38.9 Å². The summed E-state index contributed by atoms with van der Waals surface area (Å²) in [5, 5.41) is 0. The Morgan fingerprint density at radius 1 is 0.741 bits per heavy atom. The van der Waals surface area contributed by atoms with Crippen LogP contribution in [0.3, 0.4) is 0 Å². The Hall–Kier alpha value is -2.58. The van der Waals surface area contributed by atoms with Gasteiger partial charge in [0.2, 0.25) is 0 Å². The summed E-state index contributed by atoms with van der Waals surface area (Å²) in [6.07, 6.45) is 1.16. The van der Waals surface area contributed by atoms with Crippen LogP contribution in [-0.2, 0) is 4.74 Å². The monoisotopic (exact) mass is 360 g/mol. The number of benzene rings is 3. The normalized spacial score (nSPS) is 12.0. The second kappa shape index (κ2) is 9.38. The van der Waals surface area contributed by atoms with Crippen molar-refractivity contribution in [3.63, 3.8) is 0 Å². The molecule has 0 saturated heterocycles. The molecule has 0 N–H and O–H groups in total. The molecule has 0 spiro atoms. The predicted octanol–water partition coefficient (Wildman–Crippen LogP) is 6.91. The minimum atomic E-state index is 0.125.